The first kappa shape index (κ1) is 12.3. The summed E-state index contributed by atoms with van der Waals surface area (Å²) >= 11 is 5.66. The van der Waals surface area contributed by atoms with Crippen LogP contribution in [0.3, 0.4) is 0 Å². The van der Waals surface area contributed by atoms with E-state index in [-0.39, 0.29) is 30.8 Å². The van der Waals surface area contributed by atoms with Crippen molar-refractivity contribution in [2.75, 3.05) is 24.7 Å². The van der Waals surface area contributed by atoms with E-state index in [0.717, 1.165) is 0 Å². The first-order chi connectivity index (χ1) is 8.13. The molecule has 0 bridgehead atoms. The Bertz CT molecular complexity index is 441. The molecule has 1 fully saturated rings. The minimum absolute atomic E-state index is 0.0501. The number of hydrogen-bond acceptors (Lipinski definition) is 3. The molecule has 6 heteroatoms. The fraction of sp³-hybridized carbons (Fsp3) is 0.364. The molecule has 0 radical (unpaired) electrons. The Morgan fingerprint density at radius 2 is 2.35 bits per heavy atom. The third-order valence-corrected chi connectivity index (χ3v) is 2.85. The quantitative estimate of drug-likeness (QED) is 0.868. The normalized spacial score (nSPS) is 20.8. The average molecular weight is 260 g/mol. The number of anilines is 1. The predicted octanol–water partition coefficient (Wildman–Crippen LogP) is 1.20. The number of ether oxygens (including phenoxy) is 1. The molecular weight excluding hydrogens is 249 g/mol. The summed E-state index contributed by atoms with van der Waals surface area (Å²) in [5.74, 6) is -0.824. The molecule has 92 valence electrons. The van der Waals surface area contributed by atoms with Gasteiger partial charge in [0.1, 0.15) is 12.4 Å². The van der Waals surface area contributed by atoms with Gasteiger partial charge >= 0.3 is 0 Å². The number of hydrogen-bond donors (Lipinski definition) is 1. The van der Waals surface area contributed by atoms with Gasteiger partial charge in [-0.2, -0.15) is 0 Å². The molecule has 1 aromatic carbocycles. The second-order valence-electron chi connectivity index (χ2n) is 3.71. The Labute approximate surface area is 103 Å². The topological polar surface area (TPSA) is 49.8 Å². The van der Waals surface area contributed by atoms with Crippen LogP contribution in [-0.4, -0.2) is 36.9 Å². The zero-order chi connectivity index (χ0) is 12.4. The van der Waals surface area contributed by atoms with E-state index in [4.69, 9.17) is 16.3 Å². The number of nitrogens with zero attached hydrogens (tertiary/aromatic N) is 1. The van der Waals surface area contributed by atoms with E-state index in [1.165, 1.54) is 23.1 Å². The Morgan fingerprint density at radius 1 is 1.59 bits per heavy atom. The van der Waals surface area contributed by atoms with Crippen molar-refractivity contribution in [3.05, 3.63) is 29.0 Å². The number of aliphatic hydroxyl groups excluding tert-OH is 1. The van der Waals surface area contributed by atoms with Gasteiger partial charge in [0, 0.05) is 5.69 Å². The molecule has 1 saturated heterocycles. The molecule has 1 aliphatic heterocycles. The van der Waals surface area contributed by atoms with E-state index >= 15 is 0 Å². The lowest BCUT2D eigenvalue weighted by atomic mass is 10.2. The number of rotatable bonds is 2. The lowest BCUT2D eigenvalue weighted by Gasteiger charge is -2.34. The number of carbonyl (C=O) groups excluding carboxylic acids is 1. The number of morpholine rings is 1. The molecule has 1 aromatic rings. The SMILES string of the molecule is O=C1COCC(CO)N1c1ccc(F)c(Cl)c1. The van der Waals surface area contributed by atoms with Crippen LogP contribution in [0, 0.1) is 5.82 Å². The van der Waals surface area contributed by atoms with Gasteiger partial charge in [0.25, 0.3) is 5.91 Å². The summed E-state index contributed by atoms with van der Waals surface area (Å²) in [6, 6.07) is 3.54. The lowest BCUT2D eigenvalue weighted by molar-refractivity contribution is -0.128. The molecule has 1 aliphatic rings. The predicted molar refractivity (Wildman–Crippen MR) is 60.6 cm³/mol. The van der Waals surface area contributed by atoms with E-state index in [2.05, 4.69) is 0 Å². The molecule has 4 nitrogen and oxygen atoms in total. The van der Waals surface area contributed by atoms with Gasteiger partial charge in [-0.15, -0.1) is 0 Å². The maximum absolute atomic E-state index is 13.0. The number of halogens is 2. The van der Waals surface area contributed by atoms with Gasteiger partial charge < -0.3 is 14.7 Å². The largest absolute Gasteiger partial charge is 0.394 e. The van der Waals surface area contributed by atoms with Crippen LogP contribution in [0.15, 0.2) is 18.2 Å². The summed E-state index contributed by atoms with van der Waals surface area (Å²) in [5.41, 5.74) is 0.462. The smallest absolute Gasteiger partial charge is 0.253 e. The molecule has 1 N–H and O–H groups in total. The molecule has 1 unspecified atom stereocenters. The van der Waals surface area contributed by atoms with Crippen molar-refractivity contribution in [3.63, 3.8) is 0 Å². The maximum Gasteiger partial charge on any atom is 0.253 e. The van der Waals surface area contributed by atoms with Crippen molar-refractivity contribution in [1.29, 1.82) is 0 Å². The van der Waals surface area contributed by atoms with Crippen LogP contribution in [0.25, 0.3) is 0 Å². The molecule has 1 amide bonds. The highest BCUT2D eigenvalue weighted by molar-refractivity contribution is 6.31. The van der Waals surface area contributed by atoms with E-state index in [1.807, 2.05) is 0 Å². The highest BCUT2D eigenvalue weighted by Gasteiger charge is 2.29. The molecule has 2 rings (SSSR count). The molecule has 0 aromatic heterocycles. The Kier molecular flexibility index (Phi) is 3.61. The monoisotopic (exact) mass is 259 g/mol. The molecule has 17 heavy (non-hydrogen) atoms. The van der Waals surface area contributed by atoms with Gasteiger partial charge in [-0.3, -0.25) is 4.79 Å². The van der Waals surface area contributed by atoms with Gasteiger partial charge in [-0.1, -0.05) is 11.6 Å². The van der Waals surface area contributed by atoms with Crippen LogP contribution >= 0.6 is 11.6 Å². The van der Waals surface area contributed by atoms with Crippen molar-refractivity contribution >= 4 is 23.2 Å². The van der Waals surface area contributed by atoms with Gasteiger partial charge in [-0.05, 0) is 18.2 Å². The lowest BCUT2D eigenvalue weighted by Crippen LogP contribution is -2.51. The van der Waals surface area contributed by atoms with E-state index in [1.54, 1.807) is 0 Å². The first-order valence-corrected chi connectivity index (χ1v) is 5.47. The number of carbonyl (C=O) groups is 1. The third-order valence-electron chi connectivity index (χ3n) is 2.56. The molecule has 0 spiro atoms. The van der Waals surface area contributed by atoms with Crippen LogP contribution in [0.4, 0.5) is 10.1 Å². The standard InChI is InChI=1S/C11H11ClFNO3/c12-9-3-7(1-2-10(9)13)14-8(4-15)5-17-6-11(14)16/h1-3,8,15H,4-6H2. The highest BCUT2D eigenvalue weighted by atomic mass is 35.5. The van der Waals surface area contributed by atoms with Crippen molar-refractivity contribution in [3.8, 4) is 0 Å². The van der Waals surface area contributed by atoms with Crippen LogP contribution < -0.4 is 4.90 Å². The second kappa shape index (κ2) is 5.00. The Balaban J connectivity index is 2.34. The highest BCUT2D eigenvalue weighted by Crippen LogP contribution is 2.25. The van der Waals surface area contributed by atoms with Crippen molar-refractivity contribution < 1.29 is 19.0 Å². The molecule has 0 saturated carbocycles. The van der Waals surface area contributed by atoms with E-state index < -0.39 is 11.9 Å². The van der Waals surface area contributed by atoms with Gasteiger partial charge in [0.2, 0.25) is 0 Å². The summed E-state index contributed by atoms with van der Waals surface area (Å²) in [5, 5.41) is 9.13. The van der Waals surface area contributed by atoms with Gasteiger partial charge in [0.15, 0.2) is 0 Å². The Hall–Kier alpha value is -1.17. The summed E-state index contributed by atoms with van der Waals surface area (Å²) in [4.78, 5) is 13.1. The summed E-state index contributed by atoms with van der Waals surface area (Å²) in [6.07, 6.45) is 0. The summed E-state index contributed by atoms with van der Waals surface area (Å²) < 4.78 is 18.1. The summed E-state index contributed by atoms with van der Waals surface area (Å²) in [7, 11) is 0. The Morgan fingerprint density at radius 3 is 3.00 bits per heavy atom. The van der Waals surface area contributed by atoms with E-state index in [0.29, 0.717) is 5.69 Å². The third kappa shape index (κ3) is 2.41. The van der Waals surface area contributed by atoms with E-state index in [9.17, 15) is 14.3 Å². The summed E-state index contributed by atoms with van der Waals surface area (Å²) in [6.45, 7) is -0.0243. The fourth-order valence-corrected chi connectivity index (χ4v) is 1.93. The van der Waals surface area contributed by atoms with Crippen LogP contribution in [0.5, 0.6) is 0 Å². The molecular formula is C11H11ClFNO3. The van der Waals surface area contributed by atoms with Crippen LogP contribution in [0.2, 0.25) is 5.02 Å². The maximum atomic E-state index is 13.0. The number of amides is 1. The van der Waals surface area contributed by atoms with Crippen LogP contribution in [0.1, 0.15) is 0 Å². The average Bonchev–Trinajstić information content (AvgIpc) is 2.32. The second-order valence-corrected chi connectivity index (χ2v) is 4.12. The van der Waals surface area contributed by atoms with Crippen LogP contribution in [-0.2, 0) is 9.53 Å². The first-order valence-electron chi connectivity index (χ1n) is 5.09. The minimum atomic E-state index is -0.545. The number of benzene rings is 1. The van der Waals surface area contributed by atoms with Crippen molar-refractivity contribution in [2.24, 2.45) is 0 Å². The fourth-order valence-electron chi connectivity index (χ4n) is 1.75. The van der Waals surface area contributed by atoms with Gasteiger partial charge in [-0.25, -0.2) is 4.39 Å². The zero-order valence-electron chi connectivity index (χ0n) is 8.90. The van der Waals surface area contributed by atoms with Crippen molar-refractivity contribution in [2.45, 2.75) is 6.04 Å². The van der Waals surface area contributed by atoms with Crippen molar-refractivity contribution in [1.82, 2.24) is 0 Å². The molecule has 1 atom stereocenters. The number of aliphatic hydroxyl groups is 1. The zero-order valence-corrected chi connectivity index (χ0v) is 9.65. The minimum Gasteiger partial charge on any atom is -0.394 e. The molecule has 1 heterocycles. The molecule has 0 aliphatic carbocycles. The van der Waals surface area contributed by atoms with Gasteiger partial charge in [0.05, 0.1) is 24.3 Å².